The molecule has 1 aromatic carbocycles. The molecule has 0 radical (unpaired) electrons. The van der Waals surface area contributed by atoms with Gasteiger partial charge in [0.15, 0.2) is 18.1 Å². The lowest BCUT2D eigenvalue weighted by Crippen LogP contribution is -2.33. The Bertz CT molecular complexity index is 829. The van der Waals surface area contributed by atoms with Crippen molar-refractivity contribution in [2.24, 2.45) is 0 Å². The van der Waals surface area contributed by atoms with Gasteiger partial charge in [-0.1, -0.05) is 12.1 Å². The summed E-state index contributed by atoms with van der Waals surface area (Å²) in [6.07, 6.45) is 2.71. The van der Waals surface area contributed by atoms with Crippen molar-refractivity contribution in [1.82, 2.24) is 5.32 Å². The zero-order valence-electron chi connectivity index (χ0n) is 14.9. The summed E-state index contributed by atoms with van der Waals surface area (Å²) in [6.45, 7) is 1.78. The summed E-state index contributed by atoms with van der Waals surface area (Å²) in [4.78, 5) is 35.5. The average Bonchev–Trinajstić information content (AvgIpc) is 3.20. The number of nitrogens with one attached hydrogen (secondary N) is 1. The van der Waals surface area contributed by atoms with E-state index in [1.54, 1.807) is 42.8 Å². The topological polar surface area (TPSA) is 90.9 Å². The number of esters is 1. The van der Waals surface area contributed by atoms with Crippen LogP contribution in [0.1, 0.15) is 22.2 Å². The van der Waals surface area contributed by atoms with E-state index in [1.165, 1.54) is 23.5 Å². The molecule has 1 aromatic heterocycles. The molecule has 2 rings (SSSR count). The van der Waals surface area contributed by atoms with E-state index in [2.05, 4.69) is 5.32 Å². The van der Waals surface area contributed by atoms with E-state index < -0.39 is 24.4 Å². The Morgan fingerprint density at radius 2 is 2.00 bits per heavy atom. The van der Waals surface area contributed by atoms with Crippen LogP contribution in [-0.4, -0.2) is 38.1 Å². The van der Waals surface area contributed by atoms with Crippen molar-refractivity contribution in [3.05, 3.63) is 52.2 Å². The van der Waals surface area contributed by atoms with Crippen LogP contribution in [0.4, 0.5) is 0 Å². The number of carbonyl (C=O) groups excluding carboxylic acids is 3. The summed E-state index contributed by atoms with van der Waals surface area (Å²) in [5.41, 5.74) is 0.702. The highest BCUT2D eigenvalue weighted by atomic mass is 32.1. The Balaban J connectivity index is 1.85. The predicted octanol–water partition coefficient (Wildman–Crippen LogP) is 2.67. The molecule has 0 aliphatic carbocycles. The van der Waals surface area contributed by atoms with Crippen LogP contribution in [0, 0.1) is 0 Å². The first kappa shape index (κ1) is 20.2. The lowest BCUT2D eigenvalue weighted by Gasteiger charge is -2.09. The summed E-state index contributed by atoms with van der Waals surface area (Å²) < 4.78 is 15.5. The van der Waals surface area contributed by atoms with E-state index in [9.17, 15) is 14.4 Å². The fourth-order valence-corrected chi connectivity index (χ4v) is 2.67. The highest BCUT2D eigenvalue weighted by molar-refractivity contribution is 7.12. The molecular formula is C19H19NO6S. The molecule has 8 heteroatoms. The van der Waals surface area contributed by atoms with Crippen molar-refractivity contribution in [1.29, 1.82) is 0 Å². The smallest absolute Gasteiger partial charge is 0.331 e. The van der Waals surface area contributed by atoms with Crippen molar-refractivity contribution in [2.75, 3.05) is 20.3 Å². The predicted molar refractivity (Wildman–Crippen MR) is 101 cm³/mol. The molecule has 0 fully saturated rings. The van der Waals surface area contributed by atoms with Crippen LogP contribution in [0.25, 0.3) is 6.08 Å². The Morgan fingerprint density at radius 1 is 1.19 bits per heavy atom. The van der Waals surface area contributed by atoms with Gasteiger partial charge in [0.05, 0.1) is 18.6 Å². The van der Waals surface area contributed by atoms with Crippen molar-refractivity contribution >= 4 is 35.2 Å². The fraction of sp³-hybridized carbons (Fsp3) is 0.211. The lowest BCUT2D eigenvalue weighted by atomic mass is 10.2. The van der Waals surface area contributed by atoms with Gasteiger partial charge >= 0.3 is 5.97 Å². The van der Waals surface area contributed by atoms with Gasteiger partial charge in [-0.15, -0.1) is 11.3 Å². The molecule has 27 heavy (non-hydrogen) atoms. The Kier molecular flexibility index (Phi) is 7.57. The van der Waals surface area contributed by atoms with E-state index in [0.717, 1.165) is 0 Å². The fourth-order valence-electron chi connectivity index (χ4n) is 2.05. The Labute approximate surface area is 160 Å². The summed E-state index contributed by atoms with van der Waals surface area (Å²) >= 11 is 1.21. The second-order valence-corrected chi connectivity index (χ2v) is 6.09. The third-order valence-corrected chi connectivity index (χ3v) is 4.11. The number of thiophene rings is 1. The number of benzene rings is 1. The number of hydrogen-bond acceptors (Lipinski definition) is 7. The second-order valence-electron chi connectivity index (χ2n) is 5.14. The van der Waals surface area contributed by atoms with Gasteiger partial charge in [-0.3, -0.25) is 14.9 Å². The van der Waals surface area contributed by atoms with Gasteiger partial charge in [0, 0.05) is 6.08 Å². The van der Waals surface area contributed by atoms with Gasteiger partial charge in [0.1, 0.15) is 0 Å². The number of methoxy groups -OCH3 is 1. The zero-order valence-corrected chi connectivity index (χ0v) is 15.7. The molecule has 0 saturated heterocycles. The molecule has 0 bridgehead atoms. The van der Waals surface area contributed by atoms with E-state index in [-0.39, 0.29) is 0 Å². The first-order valence-electron chi connectivity index (χ1n) is 8.06. The second kappa shape index (κ2) is 10.1. The van der Waals surface area contributed by atoms with E-state index in [4.69, 9.17) is 14.2 Å². The van der Waals surface area contributed by atoms with Crippen LogP contribution in [-0.2, 0) is 14.3 Å². The van der Waals surface area contributed by atoms with Crippen molar-refractivity contribution < 1.29 is 28.6 Å². The Morgan fingerprint density at radius 3 is 2.67 bits per heavy atom. The lowest BCUT2D eigenvalue weighted by molar-refractivity contribution is -0.143. The Hall–Kier alpha value is -3.13. The number of ether oxygens (including phenoxy) is 3. The highest BCUT2D eigenvalue weighted by Gasteiger charge is 2.12. The number of hydrogen-bond donors (Lipinski definition) is 1. The van der Waals surface area contributed by atoms with Gasteiger partial charge < -0.3 is 14.2 Å². The normalized spacial score (nSPS) is 10.4. The maximum absolute atomic E-state index is 11.7. The molecule has 0 aliphatic rings. The van der Waals surface area contributed by atoms with E-state index >= 15 is 0 Å². The molecule has 0 unspecified atom stereocenters. The molecule has 1 heterocycles. The molecule has 0 saturated carbocycles. The molecule has 0 aliphatic heterocycles. The number of imide groups is 1. The van der Waals surface area contributed by atoms with E-state index in [0.29, 0.717) is 28.5 Å². The summed E-state index contributed by atoms with van der Waals surface area (Å²) in [5.74, 6) is -0.783. The third-order valence-electron chi connectivity index (χ3n) is 3.24. The minimum atomic E-state index is -0.706. The van der Waals surface area contributed by atoms with Crippen molar-refractivity contribution in [2.45, 2.75) is 6.92 Å². The largest absolute Gasteiger partial charge is 0.493 e. The minimum absolute atomic E-state index is 0.402. The van der Waals surface area contributed by atoms with Gasteiger partial charge in [0.25, 0.3) is 11.8 Å². The standard InChI is InChI=1S/C19H19NO6S/c1-3-25-15-11-13(6-8-14(15)24-2)7-9-18(22)26-12-17(21)20-19(23)16-5-4-10-27-16/h4-11H,3,12H2,1-2H3,(H,20,21,23)/b9-7+. The first-order valence-corrected chi connectivity index (χ1v) is 8.94. The zero-order chi connectivity index (χ0) is 19.6. The first-order chi connectivity index (χ1) is 13.0. The molecule has 142 valence electrons. The summed E-state index contributed by atoms with van der Waals surface area (Å²) in [5, 5.41) is 3.87. The quantitative estimate of drug-likeness (QED) is 0.551. The van der Waals surface area contributed by atoms with Crippen LogP contribution in [0.2, 0.25) is 0 Å². The van der Waals surface area contributed by atoms with Crippen LogP contribution in [0.3, 0.4) is 0 Å². The van der Waals surface area contributed by atoms with Gasteiger partial charge in [0.2, 0.25) is 0 Å². The average molecular weight is 389 g/mol. The van der Waals surface area contributed by atoms with Crippen LogP contribution >= 0.6 is 11.3 Å². The molecule has 2 aromatic rings. The summed E-state index contributed by atoms with van der Waals surface area (Å²) in [6, 6.07) is 8.48. The molecule has 0 spiro atoms. The molecule has 1 N–H and O–H groups in total. The highest BCUT2D eigenvalue weighted by Crippen LogP contribution is 2.28. The molecule has 0 atom stereocenters. The third kappa shape index (κ3) is 6.27. The van der Waals surface area contributed by atoms with Crippen molar-refractivity contribution in [3.63, 3.8) is 0 Å². The molecule has 7 nitrogen and oxygen atoms in total. The number of amides is 2. The van der Waals surface area contributed by atoms with Crippen LogP contribution < -0.4 is 14.8 Å². The van der Waals surface area contributed by atoms with Crippen LogP contribution in [0.5, 0.6) is 11.5 Å². The van der Waals surface area contributed by atoms with Crippen LogP contribution in [0.15, 0.2) is 41.8 Å². The number of carbonyl (C=O) groups is 3. The monoisotopic (exact) mass is 389 g/mol. The minimum Gasteiger partial charge on any atom is -0.493 e. The van der Waals surface area contributed by atoms with Gasteiger partial charge in [-0.05, 0) is 42.1 Å². The maximum Gasteiger partial charge on any atom is 0.331 e. The van der Waals surface area contributed by atoms with Gasteiger partial charge in [-0.25, -0.2) is 4.79 Å². The molecular weight excluding hydrogens is 370 g/mol. The number of rotatable bonds is 8. The SMILES string of the molecule is CCOc1cc(/C=C/C(=O)OCC(=O)NC(=O)c2cccs2)ccc1OC. The van der Waals surface area contributed by atoms with E-state index in [1.807, 2.05) is 6.92 Å². The maximum atomic E-state index is 11.7. The molecule has 2 amide bonds. The summed E-state index contributed by atoms with van der Waals surface area (Å²) in [7, 11) is 1.54. The van der Waals surface area contributed by atoms with Gasteiger partial charge in [-0.2, -0.15) is 0 Å². The van der Waals surface area contributed by atoms with Crippen molar-refractivity contribution in [3.8, 4) is 11.5 Å².